The molecule has 0 unspecified atom stereocenters. The van der Waals surface area contributed by atoms with Gasteiger partial charge in [0.1, 0.15) is 12.2 Å². The third kappa shape index (κ3) is 1.60. The third-order valence-electron chi connectivity index (χ3n) is 2.84. The van der Waals surface area contributed by atoms with Crippen molar-refractivity contribution in [1.29, 1.82) is 0 Å². The quantitative estimate of drug-likeness (QED) is 0.704. The zero-order chi connectivity index (χ0) is 12.7. The molecule has 0 aliphatic carbocycles. The van der Waals surface area contributed by atoms with Crippen molar-refractivity contribution in [2.75, 3.05) is 0 Å². The summed E-state index contributed by atoms with van der Waals surface area (Å²) < 4.78 is 1.75. The molecule has 0 aliphatic rings. The maximum absolute atomic E-state index is 12.0. The van der Waals surface area contributed by atoms with Crippen molar-refractivity contribution in [3.63, 3.8) is 0 Å². The average Bonchev–Trinajstić information content (AvgIpc) is 2.74. The van der Waals surface area contributed by atoms with Gasteiger partial charge in [-0.15, -0.1) is 0 Å². The predicted molar refractivity (Wildman–Crippen MR) is 69.0 cm³/mol. The number of nitrogens with zero attached hydrogens (tertiary/aromatic N) is 3. The molecule has 0 fully saturated rings. The minimum atomic E-state index is -0.171. The molecule has 3 rings (SSSR count). The minimum absolute atomic E-state index is 0.171. The van der Waals surface area contributed by atoms with Crippen molar-refractivity contribution in [3.05, 3.63) is 52.3 Å². The first-order chi connectivity index (χ1) is 8.65. The van der Waals surface area contributed by atoms with E-state index in [-0.39, 0.29) is 5.56 Å². The highest BCUT2D eigenvalue weighted by molar-refractivity contribution is 5.72. The highest BCUT2D eigenvalue weighted by Crippen LogP contribution is 2.14. The van der Waals surface area contributed by atoms with Gasteiger partial charge in [-0.25, -0.2) is 9.97 Å². The molecule has 3 aromatic rings. The molecule has 5 heteroatoms. The van der Waals surface area contributed by atoms with Crippen molar-refractivity contribution in [1.82, 2.24) is 19.5 Å². The lowest BCUT2D eigenvalue weighted by atomic mass is 10.2. The van der Waals surface area contributed by atoms with Crippen LogP contribution in [0.5, 0.6) is 0 Å². The van der Waals surface area contributed by atoms with Gasteiger partial charge in [-0.2, -0.15) is 0 Å². The number of aromatic amines is 1. The highest BCUT2D eigenvalue weighted by Gasteiger charge is 2.10. The zero-order valence-electron chi connectivity index (χ0n) is 10.1. The van der Waals surface area contributed by atoms with E-state index >= 15 is 0 Å². The van der Waals surface area contributed by atoms with E-state index in [1.165, 1.54) is 5.56 Å². The summed E-state index contributed by atoms with van der Waals surface area (Å²) in [6, 6.07) is 7.90. The van der Waals surface area contributed by atoms with Gasteiger partial charge in [-0.3, -0.25) is 9.36 Å². The fourth-order valence-corrected chi connectivity index (χ4v) is 1.94. The van der Waals surface area contributed by atoms with E-state index in [1.807, 2.05) is 31.2 Å². The van der Waals surface area contributed by atoms with Crippen LogP contribution in [-0.2, 0) is 0 Å². The number of rotatable bonds is 1. The Morgan fingerprint density at radius 2 is 1.89 bits per heavy atom. The average molecular weight is 240 g/mol. The van der Waals surface area contributed by atoms with Gasteiger partial charge in [0.2, 0.25) is 0 Å². The lowest BCUT2D eigenvalue weighted by Gasteiger charge is -2.03. The molecule has 0 spiro atoms. The van der Waals surface area contributed by atoms with Gasteiger partial charge in [0.25, 0.3) is 5.56 Å². The number of aryl methyl sites for hydroxylation is 2. The summed E-state index contributed by atoms with van der Waals surface area (Å²) >= 11 is 0. The van der Waals surface area contributed by atoms with E-state index < -0.39 is 0 Å². The van der Waals surface area contributed by atoms with Crippen LogP contribution in [-0.4, -0.2) is 19.5 Å². The molecular formula is C13H12N4O. The first kappa shape index (κ1) is 10.7. The molecule has 0 atom stereocenters. The van der Waals surface area contributed by atoms with E-state index in [9.17, 15) is 4.79 Å². The highest BCUT2D eigenvalue weighted by atomic mass is 16.1. The molecule has 0 radical (unpaired) electrons. The lowest BCUT2D eigenvalue weighted by molar-refractivity contribution is 1.03. The second-order valence-electron chi connectivity index (χ2n) is 4.27. The summed E-state index contributed by atoms with van der Waals surface area (Å²) in [5.74, 6) is 0.571. The lowest BCUT2D eigenvalue weighted by Crippen LogP contribution is -2.12. The number of imidazole rings is 1. The van der Waals surface area contributed by atoms with Crippen molar-refractivity contribution in [2.45, 2.75) is 13.8 Å². The number of benzene rings is 1. The maximum Gasteiger partial charge on any atom is 0.277 e. The van der Waals surface area contributed by atoms with Gasteiger partial charge in [-0.1, -0.05) is 17.7 Å². The standard InChI is InChI=1S/C13H12N4O/c1-8-3-5-10(6-4-8)17-7-14-12-11(17)13(18)16-9(2)15-12/h3-7H,1-2H3,(H,15,16,18). The van der Waals surface area contributed by atoms with Crippen LogP contribution in [0, 0.1) is 13.8 Å². The normalized spacial score (nSPS) is 11.0. The monoisotopic (exact) mass is 240 g/mol. The fourth-order valence-electron chi connectivity index (χ4n) is 1.94. The summed E-state index contributed by atoms with van der Waals surface area (Å²) in [4.78, 5) is 23.0. The molecule has 2 heterocycles. The van der Waals surface area contributed by atoms with Crippen molar-refractivity contribution in [2.24, 2.45) is 0 Å². The Hall–Kier alpha value is -2.43. The van der Waals surface area contributed by atoms with Crippen LogP contribution in [0.15, 0.2) is 35.4 Å². The van der Waals surface area contributed by atoms with Gasteiger partial charge in [-0.05, 0) is 26.0 Å². The first-order valence-electron chi connectivity index (χ1n) is 5.66. The second kappa shape index (κ2) is 3.80. The van der Waals surface area contributed by atoms with Crippen LogP contribution in [0.4, 0.5) is 0 Å². The Morgan fingerprint density at radius 3 is 2.61 bits per heavy atom. The second-order valence-corrected chi connectivity index (χ2v) is 4.27. The Balaban J connectivity index is 2.30. The van der Waals surface area contributed by atoms with Crippen molar-refractivity contribution >= 4 is 11.2 Å². The van der Waals surface area contributed by atoms with Crippen LogP contribution in [0.25, 0.3) is 16.9 Å². The summed E-state index contributed by atoms with van der Waals surface area (Å²) in [6.07, 6.45) is 1.62. The topological polar surface area (TPSA) is 63.6 Å². The van der Waals surface area contributed by atoms with E-state index in [0.717, 1.165) is 5.69 Å². The molecule has 0 amide bonds. The van der Waals surface area contributed by atoms with Crippen LogP contribution in [0.2, 0.25) is 0 Å². The van der Waals surface area contributed by atoms with Gasteiger partial charge in [0.05, 0.1) is 0 Å². The Bertz CT molecular complexity index is 768. The van der Waals surface area contributed by atoms with Crippen molar-refractivity contribution < 1.29 is 0 Å². The first-order valence-corrected chi connectivity index (χ1v) is 5.66. The molecule has 0 saturated carbocycles. The van der Waals surface area contributed by atoms with Gasteiger partial charge in [0, 0.05) is 5.69 Å². The molecule has 1 N–H and O–H groups in total. The SMILES string of the molecule is Cc1ccc(-n2cnc3nc(C)[nH]c(=O)c32)cc1. The Labute approximate surface area is 103 Å². The Kier molecular flexibility index (Phi) is 2.26. The molecule has 5 nitrogen and oxygen atoms in total. The smallest absolute Gasteiger partial charge is 0.277 e. The molecule has 0 saturated heterocycles. The van der Waals surface area contributed by atoms with Crippen LogP contribution < -0.4 is 5.56 Å². The number of hydrogen-bond acceptors (Lipinski definition) is 3. The van der Waals surface area contributed by atoms with Crippen molar-refractivity contribution in [3.8, 4) is 5.69 Å². The van der Waals surface area contributed by atoms with E-state index in [1.54, 1.807) is 17.8 Å². The fraction of sp³-hybridized carbons (Fsp3) is 0.154. The zero-order valence-corrected chi connectivity index (χ0v) is 10.1. The molecule has 0 aliphatic heterocycles. The summed E-state index contributed by atoms with van der Waals surface area (Å²) in [6.45, 7) is 3.76. The number of fused-ring (bicyclic) bond motifs is 1. The largest absolute Gasteiger partial charge is 0.309 e. The molecule has 2 aromatic heterocycles. The summed E-state index contributed by atoms with van der Waals surface area (Å²) in [5.41, 5.74) is 2.85. The van der Waals surface area contributed by atoms with Crippen LogP contribution in [0.3, 0.4) is 0 Å². The van der Waals surface area contributed by atoms with Crippen LogP contribution >= 0.6 is 0 Å². The summed E-state index contributed by atoms with van der Waals surface area (Å²) in [5, 5.41) is 0. The maximum atomic E-state index is 12.0. The minimum Gasteiger partial charge on any atom is -0.309 e. The predicted octanol–water partition coefficient (Wildman–Crippen LogP) is 1.73. The molecule has 1 aromatic carbocycles. The van der Waals surface area contributed by atoms with E-state index in [4.69, 9.17) is 0 Å². The molecular weight excluding hydrogens is 228 g/mol. The van der Waals surface area contributed by atoms with E-state index in [0.29, 0.717) is 17.0 Å². The van der Waals surface area contributed by atoms with Crippen LogP contribution in [0.1, 0.15) is 11.4 Å². The summed E-state index contributed by atoms with van der Waals surface area (Å²) in [7, 11) is 0. The van der Waals surface area contributed by atoms with E-state index in [2.05, 4.69) is 15.0 Å². The number of H-pyrrole nitrogens is 1. The third-order valence-corrected chi connectivity index (χ3v) is 2.84. The number of hydrogen-bond donors (Lipinski definition) is 1. The number of nitrogens with one attached hydrogen (secondary N) is 1. The Morgan fingerprint density at radius 1 is 1.17 bits per heavy atom. The molecule has 0 bridgehead atoms. The van der Waals surface area contributed by atoms with Gasteiger partial charge >= 0.3 is 0 Å². The van der Waals surface area contributed by atoms with Gasteiger partial charge < -0.3 is 4.98 Å². The van der Waals surface area contributed by atoms with Gasteiger partial charge in [0.15, 0.2) is 11.2 Å². The number of aromatic nitrogens is 4. The molecule has 18 heavy (non-hydrogen) atoms. The molecule has 90 valence electrons.